The number of benzene rings is 1. The van der Waals surface area contributed by atoms with Crippen LogP contribution in [0.25, 0.3) is 11.0 Å². The van der Waals surface area contributed by atoms with E-state index in [-0.39, 0.29) is 6.04 Å². The average Bonchev–Trinajstić information content (AvgIpc) is 3.02. The number of fused-ring (bicyclic) bond motifs is 1. The number of aromatic nitrogens is 2. The predicted molar refractivity (Wildman–Crippen MR) is 80.9 cm³/mol. The van der Waals surface area contributed by atoms with Gasteiger partial charge in [0.2, 0.25) is 5.95 Å². The minimum atomic E-state index is 0.226. The molecule has 5 heteroatoms. The molecule has 0 bridgehead atoms. The fourth-order valence-corrected chi connectivity index (χ4v) is 2.65. The molecule has 2 heterocycles. The Kier molecular flexibility index (Phi) is 3.40. The Balaban J connectivity index is 1.88. The molecule has 0 aliphatic heterocycles. The van der Waals surface area contributed by atoms with Crippen molar-refractivity contribution in [2.24, 2.45) is 0 Å². The first-order valence-electron chi connectivity index (χ1n) is 6.60. The van der Waals surface area contributed by atoms with Crippen LogP contribution in [-0.2, 0) is 6.42 Å². The van der Waals surface area contributed by atoms with Crippen molar-refractivity contribution in [3.05, 3.63) is 47.4 Å². The standard InChI is InChI=1S/C15H16ClN3O/c1-10(4-6-12-3-2-8-20-12)19-14-9-11(16)5-7-13(14)18-15(19)17/h2-3,5,7-10H,4,6H2,1H3,(H2,17,18). The van der Waals surface area contributed by atoms with Crippen molar-refractivity contribution in [3.63, 3.8) is 0 Å². The van der Waals surface area contributed by atoms with E-state index < -0.39 is 0 Å². The lowest BCUT2D eigenvalue weighted by atomic mass is 10.1. The van der Waals surface area contributed by atoms with Crippen molar-refractivity contribution in [1.82, 2.24) is 9.55 Å². The first kappa shape index (κ1) is 13.1. The normalized spacial score (nSPS) is 12.9. The largest absolute Gasteiger partial charge is 0.469 e. The van der Waals surface area contributed by atoms with Crippen molar-refractivity contribution >= 4 is 28.6 Å². The molecule has 1 aromatic carbocycles. The Hall–Kier alpha value is -1.94. The van der Waals surface area contributed by atoms with Crippen molar-refractivity contribution in [2.75, 3.05) is 5.73 Å². The van der Waals surface area contributed by atoms with Gasteiger partial charge in [0.25, 0.3) is 0 Å². The number of rotatable bonds is 4. The zero-order chi connectivity index (χ0) is 14.1. The summed E-state index contributed by atoms with van der Waals surface area (Å²) in [6.07, 6.45) is 3.49. The van der Waals surface area contributed by atoms with E-state index in [0.717, 1.165) is 29.6 Å². The van der Waals surface area contributed by atoms with Crippen LogP contribution in [0.1, 0.15) is 25.1 Å². The van der Waals surface area contributed by atoms with Crippen LogP contribution in [0.3, 0.4) is 0 Å². The molecule has 3 aromatic rings. The van der Waals surface area contributed by atoms with E-state index in [4.69, 9.17) is 21.8 Å². The van der Waals surface area contributed by atoms with Gasteiger partial charge in [0.15, 0.2) is 0 Å². The van der Waals surface area contributed by atoms with Crippen LogP contribution < -0.4 is 5.73 Å². The van der Waals surface area contributed by atoms with Crippen LogP contribution in [0.15, 0.2) is 41.0 Å². The molecule has 4 nitrogen and oxygen atoms in total. The maximum Gasteiger partial charge on any atom is 0.201 e. The molecule has 20 heavy (non-hydrogen) atoms. The molecule has 1 atom stereocenters. The number of furan rings is 1. The third-order valence-electron chi connectivity index (χ3n) is 3.51. The van der Waals surface area contributed by atoms with Crippen LogP contribution in [0.5, 0.6) is 0 Å². The Morgan fingerprint density at radius 3 is 3.00 bits per heavy atom. The van der Waals surface area contributed by atoms with Gasteiger partial charge in [-0.3, -0.25) is 0 Å². The van der Waals surface area contributed by atoms with Gasteiger partial charge in [-0.05, 0) is 43.7 Å². The molecule has 0 aliphatic carbocycles. The van der Waals surface area contributed by atoms with Crippen LogP contribution in [0.2, 0.25) is 5.02 Å². The number of hydrogen-bond donors (Lipinski definition) is 1. The summed E-state index contributed by atoms with van der Waals surface area (Å²) in [5.41, 5.74) is 7.88. The second kappa shape index (κ2) is 5.21. The maximum absolute atomic E-state index is 6.07. The van der Waals surface area contributed by atoms with E-state index in [9.17, 15) is 0 Å². The molecule has 0 aliphatic rings. The van der Waals surface area contributed by atoms with Crippen LogP contribution in [0.4, 0.5) is 5.95 Å². The minimum Gasteiger partial charge on any atom is -0.469 e. The van der Waals surface area contributed by atoms with Gasteiger partial charge < -0.3 is 14.7 Å². The Morgan fingerprint density at radius 1 is 1.40 bits per heavy atom. The van der Waals surface area contributed by atoms with E-state index in [1.165, 1.54) is 0 Å². The molecule has 2 aromatic heterocycles. The molecule has 104 valence electrons. The second-order valence-electron chi connectivity index (χ2n) is 4.94. The van der Waals surface area contributed by atoms with Gasteiger partial charge in [-0.15, -0.1) is 0 Å². The van der Waals surface area contributed by atoms with Gasteiger partial charge in [-0.1, -0.05) is 11.6 Å². The summed E-state index contributed by atoms with van der Waals surface area (Å²) in [4.78, 5) is 4.38. The molecular weight excluding hydrogens is 274 g/mol. The molecule has 0 spiro atoms. The summed E-state index contributed by atoms with van der Waals surface area (Å²) in [6, 6.07) is 9.74. The Morgan fingerprint density at radius 2 is 2.25 bits per heavy atom. The second-order valence-corrected chi connectivity index (χ2v) is 5.38. The molecule has 0 saturated heterocycles. The lowest BCUT2D eigenvalue weighted by Crippen LogP contribution is -2.09. The Labute approximate surface area is 122 Å². The van der Waals surface area contributed by atoms with Crippen molar-refractivity contribution in [2.45, 2.75) is 25.8 Å². The number of aryl methyl sites for hydroxylation is 1. The molecular formula is C15H16ClN3O. The number of anilines is 1. The number of imidazole rings is 1. The fraction of sp³-hybridized carbons (Fsp3) is 0.267. The summed E-state index contributed by atoms with van der Waals surface area (Å²) in [6.45, 7) is 2.13. The summed E-state index contributed by atoms with van der Waals surface area (Å²) < 4.78 is 7.39. The lowest BCUT2D eigenvalue weighted by Gasteiger charge is -2.15. The van der Waals surface area contributed by atoms with Crippen LogP contribution >= 0.6 is 11.6 Å². The highest BCUT2D eigenvalue weighted by molar-refractivity contribution is 6.31. The molecule has 2 N–H and O–H groups in total. The molecule has 3 rings (SSSR count). The van der Waals surface area contributed by atoms with E-state index in [2.05, 4.69) is 11.9 Å². The van der Waals surface area contributed by atoms with Gasteiger partial charge in [-0.25, -0.2) is 4.98 Å². The number of hydrogen-bond acceptors (Lipinski definition) is 3. The van der Waals surface area contributed by atoms with E-state index in [1.54, 1.807) is 6.26 Å². The quantitative estimate of drug-likeness (QED) is 0.788. The molecule has 0 fully saturated rings. The third-order valence-corrected chi connectivity index (χ3v) is 3.74. The van der Waals surface area contributed by atoms with Gasteiger partial charge in [0.1, 0.15) is 5.76 Å². The molecule has 0 radical (unpaired) electrons. The van der Waals surface area contributed by atoms with Crippen LogP contribution in [0, 0.1) is 0 Å². The first-order chi connectivity index (χ1) is 9.65. The van der Waals surface area contributed by atoms with Gasteiger partial charge in [-0.2, -0.15) is 0 Å². The topological polar surface area (TPSA) is 57.0 Å². The fourth-order valence-electron chi connectivity index (χ4n) is 2.48. The Bertz CT molecular complexity index is 718. The lowest BCUT2D eigenvalue weighted by molar-refractivity contribution is 0.460. The first-order valence-corrected chi connectivity index (χ1v) is 6.98. The van der Waals surface area contributed by atoms with Gasteiger partial charge in [0.05, 0.1) is 17.3 Å². The highest BCUT2D eigenvalue weighted by Gasteiger charge is 2.14. The van der Waals surface area contributed by atoms with Crippen molar-refractivity contribution < 1.29 is 4.42 Å². The molecule has 0 amide bonds. The summed E-state index contributed by atoms with van der Waals surface area (Å²) in [5.74, 6) is 1.51. The van der Waals surface area contributed by atoms with E-state index >= 15 is 0 Å². The predicted octanol–water partition coefficient (Wildman–Crippen LogP) is 4.06. The smallest absolute Gasteiger partial charge is 0.201 e. The third kappa shape index (κ3) is 2.39. The minimum absolute atomic E-state index is 0.226. The number of nitrogens with zero attached hydrogens (tertiary/aromatic N) is 2. The monoisotopic (exact) mass is 289 g/mol. The average molecular weight is 290 g/mol. The van der Waals surface area contributed by atoms with Gasteiger partial charge >= 0.3 is 0 Å². The maximum atomic E-state index is 6.07. The zero-order valence-electron chi connectivity index (χ0n) is 11.2. The summed E-state index contributed by atoms with van der Waals surface area (Å²) in [5, 5.41) is 0.692. The highest BCUT2D eigenvalue weighted by atomic mass is 35.5. The van der Waals surface area contributed by atoms with Crippen molar-refractivity contribution in [3.8, 4) is 0 Å². The SMILES string of the molecule is CC(CCc1ccco1)n1c(N)nc2ccc(Cl)cc21. The zero-order valence-corrected chi connectivity index (χ0v) is 12.0. The summed E-state index contributed by atoms with van der Waals surface area (Å²) in [7, 11) is 0. The number of nitrogens with two attached hydrogens (primary N) is 1. The van der Waals surface area contributed by atoms with E-state index in [1.807, 2.05) is 34.9 Å². The van der Waals surface area contributed by atoms with E-state index in [0.29, 0.717) is 11.0 Å². The highest BCUT2D eigenvalue weighted by Crippen LogP contribution is 2.27. The number of halogens is 1. The number of nitrogen functional groups attached to an aromatic ring is 1. The van der Waals surface area contributed by atoms with Crippen molar-refractivity contribution in [1.29, 1.82) is 0 Å². The molecule has 0 saturated carbocycles. The van der Waals surface area contributed by atoms with Crippen LogP contribution in [-0.4, -0.2) is 9.55 Å². The van der Waals surface area contributed by atoms with Gasteiger partial charge in [0, 0.05) is 17.5 Å². The summed E-state index contributed by atoms with van der Waals surface area (Å²) >= 11 is 6.07. The molecule has 1 unspecified atom stereocenters.